The number of hydrogen-bond acceptors (Lipinski definition) is 2. The Morgan fingerprint density at radius 2 is 2.33 bits per heavy atom. The third-order valence-corrected chi connectivity index (χ3v) is 2.57. The summed E-state index contributed by atoms with van der Waals surface area (Å²) in [5.74, 6) is -2.59. The predicted molar refractivity (Wildman–Crippen MR) is 39.7 cm³/mol. The van der Waals surface area contributed by atoms with E-state index < -0.39 is 12.0 Å². The first kappa shape index (κ1) is 8.26. The van der Waals surface area contributed by atoms with Gasteiger partial charge in [-0.2, -0.15) is 0 Å². The minimum Gasteiger partial charge on any atom is -0.411 e. The van der Waals surface area contributed by atoms with E-state index in [0.29, 0.717) is 5.03 Å². The highest BCUT2D eigenvalue weighted by Gasteiger charge is 2.63. The van der Waals surface area contributed by atoms with Crippen LogP contribution in [0.25, 0.3) is 0 Å². The first-order valence-corrected chi connectivity index (χ1v) is 4.08. The standard InChI is InChI=1S/C7H8ClF2NO/c1-4-5(8)3-12-11(4)6-2-7(6,9)10/h3-4,6H,2H2,1H3. The van der Waals surface area contributed by atoms with Gasteiger partial charge in [-0.25, -0.2) is 8.78 Å². The summed E-state index contributed by atoms with van der Waals surface area (Å²) < 4.78 is 25.1. The Hall–Kier alpha value is -0.350. The zero-order chi connectivity index (χ0) is 8.93. The third-order valence-electron chi connectivity index (χ3n) is 2.17. The SMILES string of the molecule is CC1C(Cl)=CON1C1CC1(F)F. The fourth-order valence-corrected chi connectivity index (χ4v) is 1.38. The van der Waals surface area contributed by atoms with Crippen LogP contribution in [0.15, 0.2) is 11.3 Å². The van der Waals surface area contributed by atoms with Gasteiger partial charge in [-0.15, -0.1) is 5.06 Å². The van der Waals surface area contributed by atoms with Gasteiger partial charge in [0.1, 0.15) is 12.3 Å². The largest absolute Gasteiger partial charge is 0.411 e. The fourth-order valence-electron chi connectivity index (χ4n) is 1.24. The number of alkyl halides is 2. The van der Waals surface area contributed by atoms with Crippen molar-refractivity contribution in [3.63, 3.8) is 0 Å². The van der Waals surface area contributed by atoms with E-state index in [9.17, 15) is 8.78 Å². The molecule has 1 heterocycles. The molecule has 0 N–H and O–H groups in total. The van der Waals surface area contributed by atoms with Gasteiger partial charge in [0.15, 0.2) is 0 Å². The highest BCUT2D eigenvalue weighted by atomic mass is 35.5. The Balaban J connectivity index is 2.02. The van der Waals surface area contributed by atoms with Crippen molar-refractivity contribution in [2.45, 2.75) is 31.4 Å². The Kier molecular flexibility index (Phi) is 1.60. The van der Waals surface area contributed by atoms with E-state index in [4.69, 9.17) is 16.4 Å². The number of halogens is 3. The molecule has 1 fully saturated rings. The lowest BCUT2D eigenvalue weighted by Crippen LogP contribution is -2.32. The monoisotopic (exact) mass is 195 g/mol. The Morgan fingerprint density at radius 3 is 2.67 bits per heavy atom. The van der Waals surface area contributed by atoms with Gasteiger partial charge in [-0.05, 0) is 6.92 Å². The van der Waals surface area contributed by atoms with Crippen molar-refractivity contribution in [3.8, 4) is 0 Å². The van der Waals surface area contributed by atoms with Gasteiger partial charge < -0.3 is 4.84 Å². The maximum atomic E-state index is 12.6. The van der Waals surface area contributed by atoms with E-state index in [0.717, 1.165) is 0 Å². The molecule has 0 aromatic heterocycles. The number of hydrogen-bond donors (Lipinski definition) is 0. The molecule has 2 nitrogen and oxygen atoms in total. The van der Waals surface area contributed by atoms with E-state index in [-0.39, 0.29) is 12.5 Å². The van der Waals surface area contributed by atoms with Gasteiger partial charge in [0.05, 0.1) is 11.1 Å². The second-order valence-electron chi connectivity index (χ2n) is 3.12. The molecule has 0 aromatic carbocycles. The van der Waals surface area contributed by atoms with Crippen LogP contribution in [0.1, 0.15) is 13.3 Å². The molecular formula is C7H8ClF2NO. The predicted octanol–water partition coefficient (Wildman–Crippen LogP) is 2.11. The van der Waals surface area contributed by atoms with Gasteiger partial charge in [0.25, 0.3) is 5.92 Å². The number of rotatable bonds is 1. The summed E-state index contributed by atoms with van der Waals surface area (Å²) in [6.45, 7) is 1.74. The van der Waals surface area contributed by atoms with Crippen molar-refractivity contribution in [3.05, 3.63) is 11.3 Å². The molecule has 0 saturated heterocycles. The molecule has 2 unspecified atom stereocenters. The van der Waals surface area contributed by atoms with Crippen LogP contribution in [-0.4, -0.2) is 23.1 Å². The van der Waals surface area contributed by atoms with Gasteiger partial charge >= 0.3 is 0 Å². The van der Waals surface area contributed by atoms with Crippen molar-refractivity contribution < 1.29 is 13.6 Å². The van der Waals surface area contributed by atoms with Crippen LogP contribution in [-0.2, 0) is 4.84 Å². The maximum absolute atomic E-state index is 12.6. The minimum atomic E-state index is -2.59. The van der Waals surface area contributed by atoms with Crippen molar-refractivity contribution >= 4 is 11.6 Å². The Morgan fingerprint density at radius 1 is 1.75 bits per heavy atom. The lowest BCUT2D eigenvalue weighted by Gasteiger charge is -2.18. The molecule has 68 valence electrons. The van der Waals surface area contributed by atoms with E-state index in [2.05, 4.69) is 0 Å². The molecule has 2 aliphatic rings. The average Bonchev–Trinajstić information content (AvgIpc) is 2.47. The van der Waals surface area contributed by atoms with Gasteiger partial charge in [0, 0.05) is 6.42 Å². The lowest BCUT2D eigenvalue weighted by molar-refractivity contribution is -0.130. The molecule has 0 amide bonds. The van der Waals surface area contributed by atoms with Crippen LogP contribution in [0, 0.1) is 0 Å². The second-order valence-corrected chi connectivity index (χ2v) is 3.56. The summed E-state index contributed by atoms with van der Waals surface area (Å²) in [5, 5.41) is 1.72. The molecule has 1 aliphatic heterocycles. The molecule has 2 rings (SSSR count). The summed E-state index contributed by atoms with van der Waals surface area (Å²) in [6, 6.07) is -1.04. The molecule has 1 saturated carbocycles. The van der Waals surface area contributed by atoms with Crippen molar-refractivity contribution in [1.82, 2.24) is 5.06 Å². The fraction of sp³-hybridized carbons (Fsp3) is 0.714. The molecular weight excluding hydrogens is 188 g/mol. The smallest absolute Gasteiger partial charge is 0.268 e. The normalized spacial score (nSPS) is 39.2. The molecule has 0 aromatic rings. The van der Waals surface area contributed by atoms with Crippen LogP contribution in [0.4, 0.5) is 8.78 Å². The summed E-state index contributed by atoms with van der Waals surface area (Å²) >= 11 is 5.67. The summed E-state index contributed by atoms with van der Waals surface area (Å²) in [7, 11) is 0. The topological polar surface area (TPSA) is 12.5 Å². The first-order chi connectivity index (χ1) is 5.52. The van der Waals surface area contributed by atoms with E-state index in [1.54, 1.807) is 6.92 Å². The highest BCUT2D eigenvalue weighted by Crippen LogP contribution is 2.48. The summed E-state index contributed by atoms with van der Waals surface area (Å²) in [6.07, 6.45) is 1.18. The van der Waals surface area contributed by atoms with Crippen LogP contribution in [0.5, 0.6) is 0 Å². The minimum absolute atomic E-state index is 0.130. The van der Waals surface area contributed by atoms with Crippen molar-refractivity contribution in [2.75, 3.05) is 0 Å². The van der Waals surface area contributed by atoms with Crippen LogP contribution in [0.2, 0.25) is 0 Å². The molecule has 12 heavy (non-hydrogen) atoms. The zero-order valence-electron chi connectivity index (χ0n) is 6.43. The Labute approximate surface area is 73.7 Å². The number of hydroxylamine groups is 2. The number of nitrogens with zero attached hydrogens (tertiary/aromatic N) is 1. The van der Waals surface area contributed by atoms with Crippen molar-refractivity contribution in [1.29, 1.82) is 0 Å². The average molecular weight is 196 g/mol. The molecule has 1 aliphatic carbocycles. The summed E-state index contributed by atoms with van der Waals surface area (Å²) in [5.41, 5.74) is 0. The highest BCUT2D eigenvalue weighted by molar-refractivity contribution is 6.30. The third kappa shape index (κ3) is 1.10. The van der Waals surface area contributed by atoms with Gasteiger partial charge in [0.2, 0.25) is 0 Å². The van der Waals surface area contributed by atoms with Crippen LogP contribution >= 0.6 is 11.6 Å². The van der Waals surface area contributed by atoms with E-state index >= 15 is 0 Å². The first-order valence-electron chi connectivity index (χ1n) is 3.71. The van der Waals surface area contributed by atoms with Gasteiger partial charge in [-0.1, -0.05) is 11.6 Å². The van der Waals surface area contributed by atoms with Gasteiger partial charge in [-0.3, -0.25) is 0 Å². The molecule has 0 radical (unpaired) electrons. The van der Waals surface area contributed by atoms with E-state index in [1.165, 1.54) is 11.3 Å². The lowest BCUT2D eigenvalue weighted by atomic mass is 10.3. The maximum Gasteiger partial charge on any atom is 0.268 e. The zero-order valence-corrected chi connectivity index (χ0v) is 7.18. The summed E-state index contributed by atoms with van der Waals surface area (Å²) in [4.78, 5) is 4.90. The van der Waals surface area contributed by atoms with Crippen LogP contribution < -0.4 is 0 Å². The van der Waals surface area contributed by atoms with Crippen molar-refractivity contribution in [2.24, 2.45) is 0 Å². The van der Waals surface area contributed by atoms with Crippen LogP contribution in [0.3, 0.4) is 0 Å². The molecule has 0 spiro atoms. The van der Waals surface area contributed by atoms with E-state index in [1.807, 2.05) is 0 Å². The quantitative estimate of drug-likeness (QED) is 0.636. The molecule has 5 heteroatoms. The Bertz CT molecular complexity index is 244. The second kappa shape index (κ2) is 2.33. The molecule has 2 atom stereocenters. The molecule has 0 bridgehead atoms.